The number of imide groups is 1. The summed E-state index contributed by atoms with van der Waals surface area (Å²) in [6, 6.07) is 6.71. The van der Waals surface area contributed by atoms with Gasteiger partial charge in [-0.3, -0.25) is 19.3 Å². The number of rotatable bonds is 7. The summed E-state index contributed by atoms with van der Waals surface area (Å²) in [6.07, 6.45) is 2.87. The fourth-order valence-corrected chi connectivity index (χ4v) is 3.74. The van der Waals surface area contributed by atoms with Crippen LogP contribution in [0.4, 0.5) is 4.79 Å². The number of benzene rings is 1. The summed E-state index contributed by atoms with van der Waals surface area (Å²) in [5, 5.41) is 2.70. The van der Waals surface area contributed by atoms with E-state index in [1.807, 2.05) is 18.2 Å². The van der Waals surface area contributed by atoms with Gasteiger partial charge in [0, 0.05) is 19.2 Å². The third-order valence-corrected chi connectivity index (χ3v) is 5.37. The van der Waals surface area contributed by atoms with Crippen molar-refractivity contribution in [3.63, 3.8) is 0 Å². The number of urea groups is 1. The van der Waals surface area contributed by atoms with Crippen LogP contribution >= 0.6 is 0 Å². The Balaban J connectivity index is 1.49. The smallest absolute Gasteiger partial charge is 0.326 e. The van der Waals surface area contributed by atoms with Gasteiger partial charge in [-0.2, -0.15) is 0 Å². The lowest BCUT2D eigenvalue weighted by Gasteiger charge is -2.20. The first kappa shape index (κ1) is 20.6. The van der Waals surface area contributed by atoms with E-state index in [1.165, 1.54) is 4.90 Å². The Labute approximate surface area is 168 Å². The second kappa shape index (κ2) is 8.50. The first-order valence-electron chi connectivity index (χ1n) is 9.52. The molecule has 9 nitrogen and oxygen atoms in total. The Kier molecular flexibility index (Phi) is 6.05. The van der Waals surface area contributed by atoms with E-state index in [4.69, 9.17) is 9.47 Å². The van der Waals surface area contributed by atoms with Crippen molar-refractivity contribution < 1.29 is 28.7 Å². The van der Waals surface area contributed by atoms with Crippen molar-refractivity contribution >= 4 is 23.8 Å². The number of hydrogen-bond acceptors (Lipinski definition) is 6. The van der Waals surface area contributed by atoms with Crippen molar-refractivity contribution in [3.8, 4) is 5.75 Å². The first-order chi connectivity index (χ1) is 13.9. The third-order valence-electron chi connectivity index (χ3n) is 5.37. The molecule has 156 valence electrons. The average molecular weight is 403 g/mol. The van der Waals surface area contributed by atoms with Gasteiger partial charge in [0.05, 0.1) is 7.11 Å². The van der Waals surface area contributed by atoms with Gasteiger partial charge in [0.25, 0.3) is 11.8 Å². The third kappa shape index (κ3) is 4.33. The summed E-state index contributed by atoms with van der Waals surface area (Å²) in [7, 11) is 3.14. The lowest BCUT2D eigenvalue weighted by atomic mass is 9.98. The second-order valence-electron chi connectivity index (χ2n) is 7.33. The predicted octanol–water partition coefficient (Wildman–Crippen LogP) is 1.06. The summed E-state index contributed by atoms with van der Waals surface area (Å²) in [5.41, 5.74) is -0.0549. The Bertz CT molecular complexity index is 818. The van der Waals surface area contributed by atoms with Crippen LogP contribution in [0.15, 0.2) is 24.3 Å². The lowest BCUT2D eigenvalue weighted by Crippen LogP contribution is -2.44. The van der Waals surface area contributed by atoms with Gasteiger partial charge < -0.3 is 19.7 Å². The van der Waals surface area contributed by atoms with Crippen molar-refractivity contribution in [2.75, 3.05) is 27.3 Å². The maximum absolute atomic E-state index is 12.5. The van der Waals surface area contributed by atoms with Gasteiger partial charge in [0.2, 0.25) is 0 Å². The number of amides is 4. The minimum absolute atomic E-state index is 0.288. The van der Waals surface area contributed by atoms with E-state index in [1.54, 1.807) is 20.2 Å². The van der Waals surface area contributed by atoms with Gasteiger partial charge >= 0.3 is 12.0 Å². The van der Waals surface area contributed by atoms with Gasteiger partial charge in [-0.15, -0.1) is 0 Å². The highest BCUT2D eigenvalue weighted by atomic mass is 16.5. The van der Waals surface area contributed by atoms with Gasteiger partial charge in [-0.25, -0.2) is 4.79 Å². The zero-order valence-electron chi connectivity index (χ0n) is 16.6. The fourth-order valence-electron chi connectivity index (χ4n) is 3.74. The van der Waals surface area contributed by atoms with E-state index in [0.717, 1.165) is 23.3 Å². The van der Waals surface area contributed by atoms with Gasteiger partial charge in [-0.1, -0.05) is 31.0 Å². The second-order valence-corrected chi connectivity index (χ2v) is 7.33. The number of hydrogen-bond donors (Lipinski definition) is 1. The van der Waals surface area contributed by atoms with E-state index < -0.39 is 42.5 Å². The maximum atomic E-state index is 12.5. The van der Waals surface area contributed by atoms with Crippen LogP contribution < -0.4 is 10.1 Å². The Morgan fingerprint density at radius 2 is 1.90 bits per heavy atom. The van der Waals surface area contributed by atoms with Crippen LogP contribution in [0.2, 0.25) is 0 Å². The van der Waals surface area contributed by atoms with Crippen molar-refractivity contribution in [1.82, 2.24) is 15.1 Å². The largest absolute Gasteiger partial charge is 0.496 e. The molecule has 1 aromatic rings. The number of carbonyl (C=O) groups excluding carboxylic acids is 4. The molecule has 29 heavy (non-hydrogen) atoms. The maximum Gasteiger partial charge on any atom is 0.326 e. The lowest BCUT2D eigenvalue weighted by molar-refractivity contribution is -0.153. The predicted molar refractivity (Wildman–Crippen MR) is 102 cm³/mol. The number of esters is 1. The van der Waals surface area contributed by atoms with Crippen LogP contribution in [-0.4, -0.2) is 66.5 Å². The molecule has 9 heteroatoms. The molecule has 1 aromatic carbocycles. The molecule has 1 aliphatic heterocycles. The molecule has 1 saturated carbocycles. The number of likely N-dealkylation sites (N-methyl/N-ethyl adjacent to an activating group) is 1. The van der Waals surface area contributed by atoms with E-state index in [0.29, 0.717) is 18.6 Å². The standard InChI is InChI=1S/C20H25N3O6/c1-22(11-14-7-3-4-8-15(14)28-2)16(24)13-29-17(25)12-23-18(26)20(21-19(23)27)9-5-6-10-20/h3-4,7-8H,5-6,9-13H2,1-2H3,(H,21,27). The molecule has 2 aliphatic rings. The number of nitrogens with one attached hydrogen (secondary N) is 1. The zero-order valence-corrected chi connectivity index (χ0v) is 16.6. The summed E-state index contributed by atoms with van der Waals surface area (Å²) in [6.45, 7) is -0.689. The number of para-hydroxylation sites is 1. The molecule has 0 unspecified atom stereocenters. The van der Waals surface area contributed by atoms with E-state index in [-0.39, 0.29) is 6.54 Å². The quantitative estimate of drug-likeness (QED) is 0.539. The van der Waals surface area contributed by atoms with Crippen LogP contribution in [0.25, 0.3) is 0 Å². The molecule has 2 fully saturated rings. The topological polar surface area (TPSA) is 105 Å². The van der Waals surface area contributed by atoms with E-state index >= 15 is 0 Å². The molecule has 1 aliphatic carbocycles. The van der Waals surface area contributed by atoms with Gasteiger partial charge in [-0.05, 0) is 18.9 Å². The Morgan fingerprint density at radius 1 is 1.21 bits per heavy atom. The molecular weight excluding hydrogens is 378 g/mol. The van der Waals surface area contributed by atoms with Crippen molar-refractivity contribution in [2.24, 2.45) is 0 Å². The number of ether oxygens (including phenoxy) is 2. The van der Waals surface area contributed by atoms with Crippen molar-refractivity contribution in [1.29, 1.82) is 0 Å². The van der Waals surface area contributed by atoms with E-state index in [9.17, 15) is 19.2 Å². The van der Waals surface area contributed by atoms with Crippen molar-refractivity contribution in [2.45, 2.75) is 37.8 Å². The summed E-state index contributed by atoms with van der Waals surface area (Å²) in [5.74, 6) is -0.948. The summed E-state index contributed by atoms with van der Waals surface area (Å²) in [4.78, 5) is 51.3. The average Bonchev–Trinajstić information content (AvgIpc) is 3.27. The van der Waals surface area contributed by atoms with Crippen molar-refractivity contribution in [3.05, 3.63) is 29.8 Å². The molecule has 4 amide bonds. The van der Waals surface area contributed by atoms with Gasteiger partial charge in [0.1, 0.15) is 17.8 Å². The zero-order chi connectivity index (χ0) is 21.0. The number of nitrogens with zero attached hydrogens (tertiary/aromatic N) is 2. The highest BCUT2D eigenvalue weighted by Crippen LogP contribution is 2.34. The molecule has 1 saturated heterocycles. The van der Waals surface area contributed by atoms with Crippen LogP contribution in [0.5, 0.6) is 5.75 Å². The highest BCUT2D eigenvalue weighted by molar-refractivity contribution is 6.08. The molecule has 3 rings (SSSR count). The highest BCUT2D eigenvalue weighted by Gasteiger charge is 2.52. The monoisotopic (exact) mass is 403 g/mol. The van der Waals surface area contributed by atoms with Crippen LogP contribution in [0, 0.1) is 0 Å². The molecule has 1 spiro atoms. The van der Waals surface area contributed by atoms with Crippen LogP contribution in [0.1, 0.15) is 31.2 Å². The van der Waals surface area contributed by atoms with E-state index in [2.05, 4.69) is 5.32 Å². The number of methoxy groups -OCH3 is 1. The number of carbonyl (C=O) groups is 4. The molecule has 0 aromatic heterocycles. The Hall–Kier alpha value is -3.10. The summed E-state index contributed by atoms with van der Waals surface area (Å²) < 4.78 is 10.3. The molecule has 0 bridgehead atoms. The molecular formula is C20H25N3O6. The normalized spacial score (nSPS) is 17.4. The summed E-state index contributed by atoms with van der Waals surface area (Å²) >= 11 is 0. The van der Waals surface area contributed by atoms with Gasteiger partial charge in [0.15, 0.2) is 6.61 Å². The van der Waals surface area contributed by atoms with Crippen LogP contribution in [-0.2, 0) is 25.7 Å². The molecule has 1 N–H and O–H groups in total. The fraction of sp³-hybridized carbons (Fsp3) is 0.500. The minimum Gasteiger partial charge on any atom is -0.496 e. The molecule has 0 atom stereocenters. The molecule has 1 heterocycles. The first-order valence-corrected chi connectivity index (χ1v) is 9.52. The van der Waals surface area contributed by atoms with Crippen LogP contribution in [0.3, 0.4) is 0 Å². The molecule has 0 radical (unpaired) electrons. The Morgan fingerprint density at radius 3 is 2.59 bits per heavy atom. The minimum atomic E-state index is -0.873. The SMILES string of the molecule is COc1ccccc1CN(C)C(=O)COC(=O)CN1C(=O)NC2(CCCC2)C1=O.